The summed E-state index contributed by atoms with van der Waals surface area (Å²) in [7, 11) is 0. The number of nitrogens with zero attached hydrogens (tertiary/aromatic N) is 1. The van der Waals surface area contributed by atoms with Crippen molar-refractivity contribution in [2.24, 2.45) is 0 Å². The molecule has 0 spiro atoms. The van der Waals surface area contributed by atoms with Crippen LogP contribution in [0.1, 0.15) is 12.8 Å². The summed E-state index contributed by atoms with van der Waals surface area (Å²) in [6, 6.07) is 0. The predicted octanol–water partition coefficient (Wildman–Crippen LogP) is 0.972. The number of carbonyl (C=O) groups is 1. The van der Waals surface area contributed by atoms with Crippen LogP contribution in [0.2, 0.25) is 0 Å². The van der Waals surface area contributed by atoms with E-state index in [-0.39, 0.29) is 6.54 Å². The Hall–Kier alpha value is -1.27. The lowest BCUT2D eigenvalue weighted by atomic mass is 10.3. The molecule has 0 saturated heterocycles. The lowest BCUT2D eigenvalue weighted by molar-refractivity contribution is -0.138. The monoisotopic (exact) mass is 181 g/mol. The van der Waals surface area contributed by atoms with E-state index < -0.39 is 5.97 Å². The molecule has 0 heterocycles. The van der Waals surface area contributed by atoms with Crippen molar-refractivity contribution < 1.29 is 9.90 Å². The van der Waals surface area contributed by atoms with Crippen molar-refractivity contribution in [1.29, 1.82) is 0 Å². The van der Waals surface area contributed by atoms with Gasteiger partial charge in [0.25, 0.3) is 0 Å². The minimum atomic E-state index is -0.839. The van der Waals surface area contributed by atoms with Gasteiger partial charge in [-0.1, -0.05) is 12.0 Å². The van der Waals surface area contributed by atoms with Gasteiger partial charge in [-0.25, -0.2) is 0 Å². The zero-order valence-electron chi connectivity index (χ0n) is 7.70. The van der Waals surface area contributed by atoms with Crippen molar-refractivity contribution in [2.45, 2.75) is 12.8 Å². The minimum Gasteiger partial charge on any atom is -0.480 e. The van der Waals surface area contributed by atoms with Gasteiger partial charge in [-0.3, -0.25) is 9.69 Å². The van der Waals surface area contributed by atoms with Crippen LogP contribution in [-0.4, -0.2) is 35.6 Å². The summed E-state index contributed by atoms with van der Waals surface area (Å²) >= 11 is 0. The standard InChI is InChI=1S/C10H15NO2/c1-3-5-6-8-11(7-4-2)9-10(12)13/h2-3H,1,5-9H2,(H,12,13). The minimum absolute atomic E-state index is 0.0152. The first-order chi connectivity index (χ1) is 6.20. The number of rotatable bonds is 7. The zero-order chi connectivity index (χ0) is 10.1. The summed E-state index contributed by atoms with van der Waals surface area (Å²) in [4.78, 5) is 12.1. The number of hydrogen-bond donors (Lipinski definition) is 1. The van der Waals surface area contributed by atoms with Crippen molar-refractivity contribution in [3.05, 3.63) is 12.7 Å². The summed E-state index contributed by atoms with van der Waals surface area (Å²) < 4.78 is 0. The van der Waals surface area contributed by atoms with Gasteiger partial charge in [0.15, 0.2) is 0 Å². The van der Waals surface area contributed by atoms with Gasteiger partial charge in [-0.2, -0.15) is 0 Å². The van der Waals surface area contributed by atoms with Crippen LogP contribution >= 0.6 is 0 Å². The number of hydrogen-bond acceptors (Lipinski definition) is 2. The zero-order valence-corrected chi connectivity index (χ0v) is 7.70. The summed E-state index contributed by atoms with van der Waals surface area (Å²) in [5.41, 5.74) is 0. The van der Waals surface area contributed by atoms with Crippen LogP contribution < -0.4 is 0 Å². The van der Waals surface area contributed by atoms with Crippen molar-refractivity contribution in [1.82, 2.24) is 4.90 Å². The van der Waals surface area contributed by atoms with Crippen LogP contribution in [0.15, 0.2) is 12.7 Å². The lowest BCUT2D eigenvalue weighted by Crippen LogP contribution is -2.31. The molecule has 0 aliphatic rings. The average Bonchev–Trinajstić information content (AvgIpc) is 2.04. The second-order valence-electron chi connectivity index (χ2n) is 2.74. The van der Waals surface area contributed by atoms with E-state index >= 15 is 0 Å². The maximum atomic E-state index is 10.4. The van der Waals surface area contributed by atoms with Crippen molar-refractivity contribution >= 4 is 5.97 Å². The van der Waals surface area contributed by atoms with E-state index in [0.29, 0.717) is 13.1 Å². The topological polar surface area (TPSA) is 40.5 Å². The molecule has 0 unspecified atom stereocenters. The molecular formula is C10H15NO2. The molecule has 0 atom stereocenters. The second kappa shape index (κ2) is 7.38. The second-order valence-corrected chi connectivity index (χ2v) is 2.74. The number of terminal acetylenes is 1. The third kappa shape index (κ3) is 7.10. The molecule has 3 heteroatoms. The highest BCUT2D eigenvalue weighted by Gasteiger charge is 2.06. The van der Waals surface area contributed by atoms with Crippen LogP contribution in [0.5, 0.6) is 0 Å². The molecule has 0 bridgehead atoms. The first-order valence-corrected chi connectivity index (χ1v) is 4.19. The van der Waals surface area contributed by atoms with Gasteiger partial charge in [-0.05, 0) is 19.4 Å². The van der Waals surface area contributed by atoms with E-state index in [1.807, 2.05) is 6.08 Å². The first-order valence-electron chi connectivity index (χ1n) is 4.19. The molecule has 0 aliphatic carbocycles. The van der Waals surface area contributed by atoms with Crippen LogP contribution in [0.3, 0.4) is 0 Å². The molecule has 0 rings (SSSR count). The number of unbranched alkanes of at least 4 members (excludes halogenated alkanes) is 1. The Morgan fingerprint density at radius 2 is 2.38 bits per heavy atom. The maximum Gasteiger partial charge on any atom is 0.317 e. The van der Waals surface area contributed by atoms with E-state index in [4.69, 9.17) is 11.5 Å². The van der Waals surface area contributed by atoms with E-state index in [1.54, 1.807) is 4.90 Å². The van der Waals surface area contributed by atoms with Gasteiger partial charge in [0, 0.05) is 0 Å². The molecule has 13 heavy (non-hydrogen) atoms. The van der Waals surface area contributed by atoms with Crippen molar-refractivity contribution in [2.75, 3.05) is 19.6 Å². The van der Waals surface area contributed by atoms with E-state index in [1.165, 1.54) is 0 Å². The molecule has 0 aromatic rings. The van der Waals surface area contributed by atoms with Crippen molar-refractivity contribution in [3.63, 3.8) is 0 Å². The van der Waals surface area contributed by atoms with Gasteiger partial charge in [-0.15, -0.1) is 13.0 Å². The molecule has 0 amide bonds. The normalized spacial score (nSPS) is 9.54. The third-order valence-electron chi connectivity index (χ3n) is 1.56. The lowest BCUT2D eigenvalue weighted by Gasteiger charge is -2.16. The summed E-state index contributed by atoms with van der Waals surface area (Å²) in [6.07, 6.45) is 8.71. The number of carboxylic acid groups (broad SMARTS) is 1. The number of aliphatic carboxylic acids is 1. The van der Waals surface area contributed by atoms with E-state index in [9.17, 15) is 4.79 Å². The number of carboxylic acids is 1. The molecule has 3 nitrogen and oxygen atoms in total. The highest BCUT2D eigenvalue weighted by molar-refractivity contribution is 5.69. The molecule has 0 aromatic heterocycles. The summed E-state index contributed by atoms with van der Waals surface area (Å²) in [6.45, 7) is 4.71. The highest BCUT2D eigenvalue weighted by Crippen LogP contribution is 1.95. The number of allylic oxidation sites excluding steroid dienone is 1. The van der Waals surface area contributed by atoms with Gasteiger partial charge in [0.1, 0.15) is 0 Å². The van der Waals surface area contributed by atoms with Crippen LogP contribution in [0.25, 0.3) is 0 Å². The Kier molecular flexibility index (Phi) is 6.66. The Balaban J connectivity index is 3.73. The smallest absolute Gasteiger partial charge is 0.317 e. The predicted molar refractivity (Wildman–Crippen MR) is 52.3 cm³/mol. The highest BCUT2D eigenvalue weighted by atomic mass is 16.4. The van der Waals surface area contributed by atoms with Crippen LogP contribution in [-0.2, 0) is 4.79 Å². The largest absolute Gasteiger partial charge is 0.480 e. The Labute approximate surface area is 79.0 Å². The van der Waals surface area contributed by atoms with E-state index in [0.717, 1.165) is 12.8 Å². The fourth-order valence-electron chi connectivity index (χ4n) is 0.994. The fraction of sp³-hybridized carbons (Fsp3) is 0.500. The third-order valence-corrected chi connectivity index (χ3v) is 1.56. The van der Waals surface area contributed by atoms with Crippen LogP contribution in [0.4, 0.5) is 0 Å². The molecule has 0 aromatic carbocycles. The molecule has 0 aliphatic heterocycles. The SMILES string of the molecule is C#CCN(CCCC=C)CC(=O)O. The van der Waals surface area contributed by atoms with Gasteiger partial charge in [0.2, 0.25) is 0 Å². The fourth-order valence-corrected chi connectivity index (χ4v) is 0.994. The molecule has 72 valence electrons. The average molecular weight is 181 g/mol. The summed E-state index contributed by atoms with van der Waals surface area (Å²) in [5.74, 6) is 1.60. The van der Waals surface area contributed by atoms with Gasteiger partial charge < -0.3 is 5.11 Å². The molecule has 0 fully saturated rings. The first kappa shape index (κ1) is 11.7. The summed E-state index contributed by atoms with van der Waals surface area (Å²) in [5, 5.41) is 8.54. The van der Waals surface area contributed by atoms with Crippen LogP contribution in [0, 0.1) is 12.3 Å². The molecule has 0 saturated carbocycles. The Morgan fingerprint density at radius 3 is 2.85 bits per heavy atom. The van der Waals surface area contributed by atoms with Gasteiger partial charge >= 0.3 is 5.97 Å². The molecule has 1 N–H and O–H groups in total. The molecular weight excluding hydrogens is 166 g/mol. The quantitative estimate of drug-likeness (QED) is 0.361. The van der Waals surface area contributed by atoms with E-state index in [2.05, 4.69) is 12.5 Å². The van der Waals surface area contributed by atoms with Gasteiger partial charge in [0.05, 0.1) is 13.1 Å². The molecule has 0 radical (unpaired) electrons. The van der Waals surface area contributed by atoms with Crippen molar-refractivity contribution in [3.8, 4) is 12.3 Å². The maximum absolute atomic E-state index is 10.4. The Bertz CT molecular complexity index is 205. The Morgan fingerprint density at radius 1 is 1.69 bits per heavy atom.